The molecular formula is C10H12NNaO6S. The number of benzene rings is 1. The molecule has 0 aromatic heterocycles. The van der Waals surface area contributed by atoms with Crippen molar-refractivity contribution < 1.29 is 56.8 Å². The molecule has 0 bridgehead atoms. The Labute approximate surface area is 133 Å². The third-order valence-electron chi connectivity index (χ3n) is 2.26. The van der Waals surface area contributed by atoms with Crippen LogP contribution in [-0.2, 0) is 14.9 Å². The Bertz CT molecular complexity index is 559. The minimum absolute atomic E-state index is 0. The average molecular weight is 297 g/mol. The van der Waals surface area contributed by atoms with Crippen LogP contribution in [0.25, 0.3) is 0 Å². The number of amides is 1. The van der Waals surface area contributed by atoms with Crippen LogP contribution in [0.15, 0.2) is 18.2 Å². The number of primary amides is 1. The normalized spacial score (nSPS) is 12.2. The zero-order chi connectivity index (χ0) is 13.9. The van der Waals surface area contributed by atoms with Crippen molar-refractivity contribution in [2.24, 2.45) is 5.73 Å². The molecule has 0 spiro atoms. The maximum absolute atomic E-state index is 11.1. The van der Waals surface area contributed by atoms with Crippen LogP contribution in [0.4, 0.5) is 0 Å². The first-order valence-corrected chi connectivity index (χ1v) is 6.24. The van der Waals surface area contributed by atoms with Gasteiger partial charge in [-0.2, -0.15) is 0 Å². The smallest absolute Gasteiger partial charge is 0.747 e. The van der Waals surface area contributed by atoms with Gasteiger partial charge in [-0.05, 0) is 17.7 Å². The number of carbonyl (C=O) groups is 1. The molecule has 19 heavy (non-hydrogen) atoms. The largest absolute Gasteiger partial charge is 1.00 e. The molecule has 1 unspecified atom stereocenters. The third kappa shape index (κ3) is 4.36. The summed E-state index contributed by atoms with van der Waals surface area (Å²) in [5.74, 6) is -0.699. The van der Waals surface area contributed by atoms with Gasteiger partial charge in [0.2, 0.25) is 5.91 Å². The molecule has 2 N–H and O–H groups in total. The summed E-state index contributed by atoms with van der Waals surface area (Å²) in [6.45, 7) is 0. The summed E-state index contributed by atoms with van der Waals surface area (Å²) in [7, 11) is -2.15. The van der Waals surface area contributed by atoms with Crippen molar-refractivity contribution in [1.29, 1.82) is 0 Å². The Kier molecular flexibility index (Phi) is 6.81. The van der Waals surface area contributed by atoms with Gasteiger partial charge in [0.1, 0.15) is 10.1 Å². The van der Waals surface area contributed by atoms with Crippen molar-refractivity contribution in [1.82, 2.24) is 0 Å². The molecule has 1 atom stereocenters. The topological polar surface area (TPSA) is 119 Å². The zero-order valence-electron chi connectivity index (χ0n) is 10.7. The minimum Gasteiger partial charge on any atom is -0.747 e. The second kappa shape index (κ2) is 7.11. The second-order valence-electron chi connectivity index (χ2n) is 3.39. The van der Waals surface area contributed by atoms with Crippen LogP contribution in [0.2, 0.25) is 0 Å². The fraction of sp³-hybridized carbons (Fsp3) is 0.300. The number of methoxy groups -OCH3 is 2. The van der Waals surface area contributed by atoms with E-state index in [1.54, 1.807) is 0 Å². The van der Waals surface area contributed by atoms with Crippen molar-refractivity contribution in [2.45, 2.75) is 5.25 Å². The van der Waals surface area contributed by atoms with E-state index in [0.717, 1.165) is 0 Å². The van der Waals surface area contributed by atoms with E-state index in [9.17, 15) is 17.8 Å². The van der Waals surface area contributed by atoms with Gasteiger partial charge in [-0.25, -0.2) is 8.42 Å². The van der Waals surface area contributed by atoms with E-state index in [0.29, 0.717) is 5.75 Å². The molecule has 0 aliphatic carbocycles. The molecule has 0 aliphatic rings. The Morgan fingerprint density at radius 2 is 1.79 bits per heavy atom. The summed E-state index contributed by atoms with van der Waals surface area (Å²) in [4.78, 5) is 11.1. The van der Waals surface area contributed by atoms with E-state index in [2.05, 4.69) is 0 Å². The van der Waals surface area contributed by atoms with E-state index in [-0.39, 0.29) is 40.9 Å². The van der Waals surface area contributed by atoms with Gasteiger partial charge >= 0.3 is 29.6 Å². The summed E-state index contributed by atoms with van der Waals surface area (Å²) in [5, 5.41) is -1.95. The molecule has 0 heterocycles. The van der Waals surface area contributed by atoms with Crippen LogP contribution < -0.4 is 44.8 Å². The van der Waals surface area contributed by atoms with Crippen molar-refractivity contribution in [2.75, 3.05) is 14.2 Å². The molecule has 100 valence electrons. The predicted molar refractivity (Wildman–Crippen MR) is 61.2 cm³/mol. The van der Waals surface area contributed by atoms with Gasteiger partial charge in [0.25, 0.3) is 0 Å². The van der Waals surface area contributed by atoms with Crippen molar-refractivity contribution in [3.63, 3.8) is 0 Å². The van der Waals surface area contributed by atoms with Gasteiger partial charge in [-0.1, -0.05) is 6.07 Å². The van der Waals surface area contributed by atoms with E-state index < -0.39 is 21.3 Å². The van der Waals surface area contributed by atoms with E-state index in [4.69, 9.17) is 15.2 Å². The number of ether oxygens (including phenoxy) is 2. The van der Waals surface area contributed by atoms with Gasteiger partial charge < -0.3 is 19.8 Å². The molecule has 1 rings (SSSR count). The Morgan fingerprint density at radius 1 is 1.26 bits per heavy atom. The summed E-state index contributed by atoms with van der Waals surface area (Å²) >= 11 is 0. The molecule has 1 aromatic rings. The molecule has 9 heteroatoms. The number of hydrogen-bond donors (Lipinski definition) is 1. The average Bonchev–Trinajstić information content (AvgIpc) is 2.26. The van der Waals surface area contributed by atoms with Crippen LogP contribution in [0.5, 0.6) is 11.5 Å². The second-order valence-corrected chi connectivity index (χ2v) is 4.85. The zero-order valence-corrected chi connectivity index (χ0v) is 13.6. The van der Waals surface area contributed by atoms with Crippen LogP contribution in [0, 0.1) is 0 Å². The Hall–Kier alpha value is -0.800. The van der Waals surface area contributed by atoms with Gasteiger partial charge in [-0.15, -0.1) is 0 Å². The van der Waals surface area contributed by atoms with Gasteiger partial charge in [0.05, 0.1) is 14.2 Å². The number of rotatable bonds is 5. The standard InChI is InChI=1S/C10H13NO6S.Na/c1-16-7-4-3-6(5-8(7)17-2)9(10(11)12)18(13,14)15;/h3-5,9H,1-2H3,(H2,11,12)(H,13,14,15);/q;+1/p-1. The molecule has 1 amide bonds. The minimum atomic E-state index is -4.88. The monoisotopic (exact) mass is 297 g/mol. The maximum Gasteiger partial charge on any atom is 1.00 e. The predicted octanol–water partition coefficient (Wildman–Crippen LogP) is -3.22. The molecule has 0 aliphatic heterocycles. The van der Waals surface area contributed by atoms with Crippen LogP contribution in [0.1, 0.15) is 10.8 Å². The van der Waals surface area contributed by atoms with E-state index >= 15 is 0 Å². The van der Waals surface area contributed by atoms with Crippen LogP contribution in [0.3, 0.4) is 0 Å². The van der Waals surface area contributed by atoms with E-state index in [1.807, 2.05) is 0 Å². The quantitative estimate of drug-likeness (QED) is 0.451. The summed E-state index contributed by atoms with van der Waals surface area (Å²) in [5.41, 5.74) is 4.87. The first-order valence-electron chi connectivity index (χ1n) is 4.77. The molecule has 0 saturated heterocycles. The number of nitrogens with two attached hydrogens (primary N) is 1. The van der Waals surface area contributed by atoms with Gasteiger partial charge in [-0.3, -0.25) is 4.79 Å². The Balaban J connectivity index is 0.00000324. The van der Waals surface area contributed by atoms with Crippen molar-refractivity contribution >= 4 is 16.0 Å². The molecule has 0 radical (unpaired) electrons. The van der Waals surface area contributed by atoms with Crippen molar-refractivity contribution in [3.8, 4) is 11.5 Å². The molecule has 7 nitrogen and oxygen atoms in total. The fourth-order valence-electron chi connectivity index (χ4n) is 1.49. The first-order chi connectivity index (χ1) is 8.31. The number of hydrogen-bond acceptors (Lipinski definition) is 6. The SMILES string of the molecule is COc1ccc(C(C(N)=O)S(=O)(=O)[O-])cc1OC.[Na+]. The van der Waals surface area contributed by atoms with E-state index in [1.165, 1.54) is 32.4 Å². The number of carbonyl (C=O) groups excluding carboxylic acids is 1. The third-order valence-corrected chi connectivity index (χ3v) is 3.34. The van der Waals surface area contributed by atoms with Crippen LogP contribution >= 0.6 is 0 Å². The van der Waals surface area contributed by atoms with Crippen molar-refractivity contribution in [3.05, 3.63) is 23.8 Å². The fourth-order valence-corrected chi connectivity index (χ4v) is 2.25. The molecule has 0 saturated carbocycles. The molecular weight excluding hydrogens is 285 g/mol. The van der Waals surface area contributed by atoms with Gasteiger partial charge in [0.15, 0.2) is 16.7 Å². The molecule has 0 fully saturated rings. The first kappa shape index (κ1) is 18.2. The van der Waals surface area contributed by atoms with Gasteiger partial charge in [0, 0.05) is 0 Å². The molecule has 1 aromatic carbocycles. The summed E-state index contributed by atoms with van der Waals surface area (Å²) in [6, 6.07) is 3.88. The summed E-state index contributed by atoms with van der Waals surface area (Å²) in [6.07, 6.45) is 0. The Morgan fingerprint density at radius 3 is 2.16 bits per heavy atom. The summed E-state index contributed by atoms with van der Waals surface area (Å²) < 4.78 is 42.9. The van der Waals surface area contributed by atoms with Crippen LogP contribution in [-0.4, -0.2) is 33.1 Å². The maximum atomic E-state index is 11.1.